The van der Waals surface area contributed by atoms with Crippen molar-refractivity contribution in [3.05, 3.63) is 71.0 Å². The van der Waals surface area contributed by atoms with Crippen molar-refractivity contribution in [2.45, 2.75) is 62.5 Å². The maximum absolute atomic E-state index is 14.6. The predicted octanol–water partition coefficient (Wildman–Crippen LogP) is 5.25. The lowest BCUT2D eigenvalue weighted by Crippen LogP contribution is -2.56. The van der Waals surface area contributed by atoms with Crippen molar-refractivity contribution in [1.29, 1.82) is 0 Å². The highest BCUT2D eigenvalue weighted by Gasteiger charge is 2.47. The smallest absolute Gasteiger partial charge is 0.385 e. The highest BCUT2D eigenvalue weighted by molar-refractivity contribution is 5.32. The number of alkyl halides is 3. The topological polar surface area (TPSA) is 23.5 Å². The quantitative estimate of drug-likeness (QED) is 0.720. The minimum absolute atomic E-state index is 0.0169. The van der Waals surface area contributed by atoms with Crippen LogP contribution >= 0.6 is 0 Å². The predicted molar refractivity (Wildman–Crippen MR) is 97.9 cm³/mol. The molecule has 4 rings (SSSR count). The first-order chi connectivity index (χ1) is 13.3. The van der Waals surface area contributed by atoms with Crippen molar-refractivity contribution in [3.8, 4) is 0 Å². The first kappa shape index (κ1) is 19.4. The van der Waals surface area contributed by atoms with E-state index in [1.807, 2.05) is 18.2 Å². The van der Waals surface area contributed by atoms with E-state index in [2.05, 4.69) is 17.0 Å². The molecule has 0 spiro atoms. The zero-order chi connectivity index (χ0) is 19.9. The van der Waals surface area contributed by atoms with Gasteiger partial charge < -0.3 is 5.11 Å². The Hall–Kier alpha value is -1.92. The Morgan fingerprint density at radius 1 is 1.00 bits per heavy atom. The molecule has 2 aliphatic heterocycles. The van der Waals surface area contributed by atoms with E-state index in [0.29, 0.717) is 18.9 Å². The van der Waals surface area contributed by atoms with Gasteiger partial charge in [0.05, 0.1) is 11.2 Å². The Morgan fingerprint density at radius 3 is 2.21 bits per heavy atom. The summed E-state index contributed by atoms with van der Waals surface area (Å²) in [5.74, 6) is -0.980. The third-order valence-corrected chi connectivity index (χ3v) is 6.17. The Balaban J connectivity index is 1.59. The third-order valence-electron chi connectivity index (χ3n) is 6.17. The Morgan fingerprint density at radius 2 is 1.64 bits per heavy atom. The van der Waals surface area contributed by atoms with Crippen molar-refractivity contribution in [3.63, 3.8) is 0 Å². The molecule has 0 amide bonds. The summed E-state index contributed by atoms with van der Waals surface area (Å²) in [7, 11) is 0. The van der Waals surface area contributed by atoms with Gasteiger partial charge in [-0.25, -0.2) is 4.39 Å². The molecule has 0 aliphatic carbocycles. The number of piperidine rings is 2. The number of benzene rings is 2. The molecule has 0 aromatic heterocycles. The van der Waals surface area contributed by atoms with Crippen LogP contribution in [0.15, 0.2) is 48.5 Å². The second kappa shape index (κ2) is 7.16. The number of nitrogens with zero attached hydrogens (tertiary/aromatic N) is 1. The van der Waals surface area contributed by atoms with Crippen molar-refractivity contribution in [2.75, 3.05) is 0 Å². The summed E-state index contributed by atoms with van der Waals surface area (Å²) >= 11 is 0. The van der Waals surface area contributed by atoms with Crippen LogP contribution in [0.4, 0.5) is 17.6 Å². The largest absolute Gasteiger partial charge is 0.416 e. The molecule has 2 bridgehead atoms. The lowest BCUT2D eigenvalue weighted by molar-refractivity contribution is -0.138. The molecule has 2 aromatic rings. The summed E-state index contributed by atoms with van der Waals surface area (Å²) in [4.78, 5) is 2.37. The first-order valence-electron chi connectivity index (χ1n) is 9.65. The highest BCUT2D eigenvalue weighted by atomic mass is 19.4. The monoisotopic (exact) mass is 393 g/mol. The first-order valence-corrected chi connectivity index (χ1v) is 9.65. The van der Waals surface area contributed by atoms with Crippen LogP contribution in [-0.2, 0) is 18.3 Å². The van der Waals surface area contributed by atoms with Gasteiger partial charge in [0.2, 0.25) is 0 Å². The summed E-state index contributed by atoms with van der Waals surface area (Å²) in [5, 5.41) is 11.3. The molecular formula is C22H23F4NO. The van der Waals surface area contributed by atoms with Gasteiger partial charge in [0, 0.05) is 24.2 Å². The second-order valence-electron chi connectivity index (χ2n) is 8.03. The van der Waals surface area contributed by atoms with E-state index in [1.165, 1.54) is 5.56 Å². The molecule has 2 saturated heterocycles. The summed E-state index contributed by atoms with van der Waals surface area (Å²) in [5.41, 5.74) is -1.29. The molecule has 2 nitrogen and oxygen atoms in total. The van der Waals surface area contributed by atoms with Gasteiger partial charge in [-0.3, -0.25) is 4.90 Å². The number of rotatable bonds is 3. The van der Waals surface area contributed by atoms with Gasteiger partial charge in [-0.05, 0) is 43.4 Å². The molecule has 6 heteroatoms. The van der Waals surface area contributed by atoms with Crippen LogP contribution in [0.5, 0.6) is 0 Å². The zero-order valence-corrected chi connectivity index (χ0v) is 15.4. The molecule has 1 N–H and O–H groups in total. The van der Waals surface area contributed by atoms with Gasteiger partial charge in [-0.15, -0.1) is 0 Å². The van der Waals surface area contributed by atoms with E-state index < -0.39 is 23.2 Å². The molecule has 28 heavy (non-hydrogen) atoms. The fourth-order valence-electron chi connectivity index (χ4n) is 4.86. The second-order valence-corrected chi connectivity index (χ2v) is 8.03. The van der Waals surface area contributed by atoms with Gasteiger partial charge in [-0.1, -0.05) is 42.8 Å². The molecule has 2 aromatic carbocycles. The normalized spacial score (nSPS) is 28.3. The van der Waals surface area contributed by atoms with E-state index in [9.17, 15) is 22.7 Å². The number of hydrogen-bond donors (Lipinski definition) is 1. The molecule has 150 valence electrons. The van der Waals surface area contributed by atoms with Crippen LogP contribution in [0.25, 0.3) is 0 Å². The molecule has 2 aliphatic rings. The molecular weight excluding hydrogens is 370 g/mol. The number of hydrogen-bond acceptors (Lipinski definition) is 2. The molecule has 2 unspecified atom stereocenters. The molecule has 2 fully saturated rings. The van der Waals surface area contributed by atoms with Crippen LogP contribution in [0, 0.1) is 5.82 Å². The van der Waals surface area contributed by atoms with Crippen LogP contribution in [-0.4, -0.2) is 22.1 Å². The number of halogens is 4. The zero-order valence-electron chi connectivity index (χ0n) is 15.4. The van der Waals surface area contributed by atoms with Crippen LogP contribution in [0.1, 0.15) is 48.8 Å². The third kappa shape index (κ3) is 3.67. The minimum atomic E-state index is -4.60. The maximum Gasteiger partial charge on any atom is 0.416 e. The van der Waals surface area contributed by atoms with Gasteiger partial charge >= 0.3 is 6.18 Å². The minimum Gasteiger partial charge on any atom is -0.385 e. The van der Waals surface area contributed by atoms with Gasteiger partial charge in [0.1, 0.15) is 5.82 Å². The van der Waals surface area contributed by atoms with Crippen LogP contribution in [0.2, 0.25) is 0 Å². The summed E-state index contributed by atoms with van der Waals surface area (Å²) < 4.78 is 53.1. The molecule has 0 saturated carbocycles. The fourth-order valence-corrected chi connectivity index (χ4v) is 4.86. The van der Waals surface area contributed by atoms with Crippen molar-refractivity contribution in [2.24, 2.45) is 0 Å². The Kier molecular flexibility index (Phi) is 4.96. The van der Waals surface area contributed by atoms with E-state index in [4.69, 9.17) is 0 Å². The van der Waals surface area contributed by atoms with Gasteiger partial charge in [-0.2, -0.15) is 13.2 Å². The summed E-state index contributed by atoms with van der Waals surface area (Å²) in [6.45, 7) is 0.766. The SMILES string of the molecule is OC1(c2ccc(C(F)(F)F)cc2F)CC2CCCC(C1)N2Cc1ccccc1. The van der Waals surface area contributed by atoms with Crippen molar-refractivity contribution < 1.29 is 22.7 Å². The van der Waals surface area contributed by atoms with E-state index >= 15 is 0 Å². The molecule has 2 heterocycles. The fraction of sp³-hybridized carbons (Fsp3) is 0.455. The maximum atomic E-state index is 14.6. The van der Waals surface area contributed by atoms with Gasteiger partial charge in [0.15, 0.2) is 0 Å². The standard InChI is InChI=1S/C22H23F4NO/c23-20-11-16(22(24,25)26)9-10-19(20)21(28)12-17-7-4-8-18(13-21)27(17)14-15-5-2-1-3-6-15/h1-3,5-6,9-11,17-18,28H,4,7-8,12-14H2. The number of fused-ring (bicyclic) bond motifs is 2. The average molecular weight is 393 g/mol. The van der Waals surface area contributed by atoms with E-state index in [-0.39, 0.29) is 17.6 Å². The van der Waals surface area contributed by atoms with E-state index in [0.717, 1.165) is 37.9 Å². The van der Waals surface area contributed by atoms with E-state index in [1.54, 1.807) is 0 Å². The van der Waals surface area contributed by atoms with Crippen molar-refractivity contribution in [1.82, 2.24) is 4.90 Å². The summed E-state index contributed by atoms with van der Waals surface area (Å²) in [6.07, 6.45) is -1.09. The van der Waals surface area contributed by atoms with Crippen molar-refractivity contribution >= 4 is 0 Å². The number of aliphatic hydroxyl groups is 1. The Bertz CT molecular complexity index is 822. The lowest BCUT2D eigenvalue weighted by Gasteiger charge is -2.52. The Labute approximate surface area is 161 Å². The van der Waals surface area contributed by atoms with Gasteiger partial charge in [0.25, 0.3) is 0 Å². The van der Waals surface area contributed by atoms with Crippen LogP contribution in [0.3, 0.4) is 0 Å². The molecule has 2 atom stereocenters. The lowest BCUT2D eigenvalue weighted by atomic mass is 9.72. The average Bonchev–Trinajstić information content (AvgIpc) is 2.62. The highest BCUT2D eigenvalue weighted by Crippen LogP contribution is 2.46. The van der Waals surface area contributed by atoms with Crippen LogP contribution < -0.4 is 0 Å². The molecule has 0 radical (unpaired) electrons. The summed E-state index contributed by atoms with van der Waals surface area (Å²) in [6, 6.07) is 12.7.